The van der Waals surface area contributed by atoms with Gasteiger partial charge in [-0.25, -0.2) is 4.68 Å². The van der Waals surface area contributed by atoms with E-state index < -0.39 is 0 Å². The van der Waals surface area contributed by atoms with E-state index in [-0.39, 0.29) is 5.91 Å². The van der Waals surface area contributed by atoms with Crippen LogP contribution in [0.3, 0.4) is 0 Å². The second-order valence-corrected chi connectivity index (χ2v) is 8.26. The third kappa shape index (κ3) is 4.17. The summed E-state index contributed by atoms with van der Waals surface area (Å²) >= 11 is 1.83. The number of aromatic nitrogens is 2. The smallest absolute Gasteiger partial charge is 0.229 e. The zero-order valence-electron chi connectivity index (χ0n) is 17.0. The Morgan fingerprint density at radius 3 is 2.69 bits per heavy atom. The molecule has 1 aromatic heterocycles. The van der Waals surface area contributed by atoms with Crippen LogP contribution >= 0.6 is 11.8 Å². The summed E-state index contributed by atoms with van der Waals surface area (Å²) in [6.07, 6.45) is 0.312. The summed E-state index contributed by atoms with van der Waals surface area (Å²) in [6.45, 7) is 6.74. The number of carbonyl (C=O) groups excluding carboxylic acids is 1. The van der Waals surface area contributed by atoms with E-state index in [0.717, 1.165) is 51.1 Å². The number of hydrogen-bond donors (Lipinski definition) is 1. The summed E-state index contributed by atoms with van der Waals surface area (Å²) in [5, 5.41) is 7.94. The highest BCUT2D eigenvalue weighted by molar-refractivity contribution is 7.98. The van der Waals surface area contributed by atoms with Crippen molar-refractivity contribution in [3.05, 3.63) is 70.4 Å². The van der Waals surface area contributed by atoms with Crippen LogP contribution < -0.4 is 10.1 Å². The van der Waals surface area contributed by atoms with E-state index in [1.165, 1.54) is 5.56 Å². The molecule has 2 aromatic carbocycles. The molecule has 0 aliphatic carbocycles. The Kier molecular flexibility index (Phi) is 5.62. The van der Waals surface area contributed by atoms with E-state index in [2.05, 4.69) is 37.4 Å². The molecule has 2 heterocycles. The quantitative estimate of drug-likeness (QED) is 0.637. The van der Waals surface area contributed by atoms with Crippen LogP contribution in [0.2, 0.25) is 0 Å². The second kappa shape index (κ2) is 8.33. The first kappa shape index (κ1) is 19.6. The lowest BCUT2D eigenvalue weighted by atomic mass is 10.1. The van der Waals surface area contributed by atoms with Crippen LogP contribution in [0.5, 0.6) is 5.75 Å². The number of aryl methyl sites for hydroxylation is 2. The van der Waals surface area contributed by atoms with Crippen LogP contribution in [0, 0.1) is 13.8 Å². The van der Waals surface area contributed by atoms with E-state index >= 15 is 0 Å². The minimum atomic E-state index is -0.0419. The number of benzene rings is 2. The Labute approximate surface area is 175 Å². The summed E-state index contributed by atoms with van der Waals surface area (Å²) in [5.74, 6) is 3.33. The van der Waals surface area contributed by atoms with Gasteiger partial charge in [0.25, 0.3) is 0 Å². The topological polar surface area (TPSA) is 56.1 Å². The van der Waals surface area contributed by atoms with Crippen molar-refractivity contribution in [2.75, 3.05) is 11.9 Å². The van der Waals surface area contributed by atoms with E-state index in [4.69, 9.17) is 9.84 Å². The van der Waals surface area contributed by atoms with Crippen LogP contribution in [0.25, 0.3) is 5.69 Å². The first-order chi connectivity index (χ1) is 14.0. The van der Waals surface area contributed by atoms with Crippen molar-refractivity contribution < 1.29 is 9.53 Å². The molecule has 4 rings (SSSR count). The Balaban J connectivity index is 1.58. The number of nitrogens with one attached hydrogen (secondary N) is 1. The van der Waals surface area contributed by atoms with E-state index in [1.54, 1.807) is 0 Å². The van der Waals surface area contributed by atoms with Crippen LogP contribution in [-0.2, 0) is 22.7 Å². The van der Waals surface area contributed by atoms with Gasteiger partial charge in [-0.3, -0.25) is 4.79 Å². The number of anilines is 1. The van der Waals surface area contributed by atoms with Crippen molar-refractivity contribution in [3.63, 3.8) is 0 Å². The van der Waals surface area contributed by atoms with Gasteiger partial charge in [-0.2, -0.15) is 16.9 Å². The fourth-order valence-corrected chi connectivity index (χ4v) is 4.63. The normalized spacial score (nSPS) is 12.7. The minimum Gasteiger partial charge on any atom is -0.494 e. The average molecular weight is 408 g/mol. The van der Waals surface area contributed by atoms with Gasteiger partial charge in [-0.05, 0) is 50.1 Å². The lowest BCUT2D eigenvalue weighted by molar-refractivity contribution is -0.115. The number of fused-ring (bicyclic) bond motifs is 1. The Morgan fingerprint density at radius 1 is 1.17 bits per heavy atom. The van der Waals surface area contributed by atoms with E-state index in [0.29, 0.717) is 13.0 Å². The molecule has 150 valence electrons. The third-order valence-electron chi connectivity index (χ3n) is 4.99. The van der Waals surface area contributed by atoms with Crippen LogP contribution in [0.4, 0.5) is 5.82 Å². The summed E-state index contributed by atoms with van der Waals surface area (Å²) in [5.41, 5.74) is 6.51. The number of thioether (sulfide) groups is 1. The van der Waals surface area contributed by atoms with Crippen molar-refractivity contribution in [3.8, 4) is 11.4 Å². The summed E-state index contributed by atoms with van der Waals surface area (Å²) < 4.78 is 7.37. The first-order valence-corrected chi connectivity index (χ1v) is 11.0. The van der Waals surface area contributed by atoms with E-state index in [9.17, 15) is 4.79 Å². The first-order valence-electron chi connectivity index (χ1n) is 9.83. The average Bonchev–Trinajstić information content (AvgIpc) is 3.26. The van der Waals surface area contributed by atoms with Crippen LogP contribution in [0.15, 0.2) is 42.5 Å². The predicted molar refractivity (Wildman–Crippen MR) is 118 cm³/mol. The van der Waals surface area contributed by atoms with Crippen molar-refractivity contribution in [2.24, 2.45) is 0 Å². The predicted octanol–water partition coefficient (Wildman–Crippen LogP) is 4.82. The van der Waals surface area contributed by atoms with Gasteiger partial charge in [0, 0.05) is 17.1 Å². The maximum absolute atomic E-state index is 12.8. The van der Waals surface area contributed by atoms with Gasteiger partial charge in [0.2, 0.25) is 5.91 Å². The molecular formula is C23H25N3O2S. The molecule has 0 saturated carbocycles. The van der Waals surface area contributed by atoms with Gasteiger partial charge in [0.1, 0.15) is 11.6 Å². The largest absolute Gasteiger partial charge is 0.494 e. The van der Waals surface area contributed by atoms with Gasteiger partial charge in [0.05, 0.1) is 24.4 Å². The molecule has 5 nitrogen and oxygen atoms in total. The van der Waals surface area contributed by atoms with Crippen LogP contribution in [0.1, 0.15) is 34.9 Å². The maximum Gasteiger partial charge on any atom is 0.229 e. The maximum atomic E-state index is 12.8. The lowest BCUT2D eigenvalue weighted by Gasteiger charge is -2.13. The monoisotopic (exact) mass is 407 g/mol. The Bertz CT molecular complexity index is 1040. The molecule has 0 radical (unpaired) electrons. The number of rotatable bonds is 6. The number of hydrogen-bond acceptors (Lipinski definition) is 4. The molecule has 6 heteroatoms. The van der Waals surface area contributed by atoms with Gasteiger partial charge in [-0.1, -0.05) is 29.8 Å². The number of nitrogens with zero attached hydrogens (tertiary/aromatic N) is 2. The highest BCUT2D eigenvalue weighted by Gasteiger charge is 2.25. The number of ether oxygens (including phenoxy) is 1. The molecule has 0 fully saturated rings. The van der Waals surface area contributed by atoms with Gasteiger partial charge in [0.15, 0.2) is 0 Å². The van der Waals surface area contributed by atoms with Gasteiger partial charge >= 0.3 is 0 Å². The third-order valence-corrected chi connectivity index (χ3v) is 5.96. The molecule has 1 aliphatic rings. The lowest BCUT2D eigenvalue weighted by Crippen LogP contribution is -2.18. The standard InChI is InChI=1S/C23H25N3O2S/c1-4-28-18-8-6-17(7-9-18)12-22(27)24-23-19-13-29-14-20(19)25-26(23)21-10-5-15(2)11-16(21)3/h5-11H,4,12-14H2,1-3H3,(H,24,27). The van der Waals surface area contributed by atoms with Crippen molar-refractivity contribution in [2.45, 2.75) is 38.7 Å². The fraction of sp³-hybridized carbons (Fsp3) is 0.304. The van der Waals surface area contributed by atoms with Crippen molar-refractivity contribution in [1.29, 1.82) is 0 Å². The zero-order chi connectivity index (χ0) is 20.4. The molecule has 0 atom stereocenters. The SMILES string of the molecule is CCOc1ccc(CC(=O)Nc2c3c(nn2-c2ccc(C)cc2C)CSC3)cc1. The molecule has 1 aliphatic heterocycles. The highest BCUT2D eigenvalue weighted by Crippen LogP contribution is 2.36. The summed E-state index contributed by atoms with van der Waals surface area (Å²) in [6, 6.07) is 14.0. The molecule has 3 aromatic rings. The molecule has 0 unspecified atom stereocenters. The molecule has 29 heavy (non-hydrogen) atoms. The second-order valence-electron chi connectivity index (χ2n) is 7.27. The van der Waals surface area contributed by atoms with Gasteiger partial charge in [-0.15, -0.1) is 0 Å². The fourth-order valence-electron chi connectivity index (χ4n) is 3.59. The van der Waals surface area contributed by atoms with Gasteiger partial charge < -0.3 is 10.1 Å². The molecular weight excluding hydrogens is 382 g/mol. The zero-order valence-corrected chi connectivity index (χ0v) is 17.8. The number of carbonyl (C=O) groups is 1. The highest BCUT2D eigenvalue weighted by atomic mass is 32.2. The Morgan fingerprint density at radius 2 is 1.97 bits per heavy atom. The molecule has 1 amide bonds. The van der Waals surface area contributed by atoms with E-state index in [1.807, 2.05) is 47.6 Å². The Hall–Kier alpha value is -2.73. The molecule has 0 saturated heterocycles. The van der Waals surface area contributed by atoms with Crippen molar-refractivity contribution in [1.82, 2.24) is 9.78 Å². The molecule has 1 N–H and O–H groups in total. The van der Waals surface area contributed by atoms with Crippen LogP contribution in [-0.4, -0.2) is 22.3 Å². The summed E-state index contributed by atoms with van der Waals surface area (Å²) in [7, 11) is 0. The summed E-state index contributed by atoms with van der Waals surface area (Å²) in [4.78, 5) is 12.8. The number of amides is 1. The van der Waals surface area contributed by atoms with Crippen molar-refractivity contribution >= 4 is 23.5 Å². The molecule has 0 bridgehead atoms. The minimum absolute atomic E-state index is 0.0419. The molecule has 0 spiro atoms.